The van der Waals surface area contributed by atoms with E-state index < -0.39 is 10.0 Å². The summed E-state index contributed by atoms with van der Waals surface area (Å²) in [5.74, 6) is 0.692. The van der Waals surface area contributed by atoms with Gasteiger partial charge >= 0.3 is 0 Å². The van der Waals surface area contributed by atoms with E-state index >= 15 is 0 Å². The van der Waals surface area contributed by atoms with Crippen LogP contribution in [0.4, 0.5) is 0 Å². The zero-order valence-electron chi connectivity index (χ0n) is 12.7. The molecule has 1 N–H and O–H groups in total. The number of nitriles is 1. The third-order valence-corrected chi connectivity index (χ3v) is 5.82. The third kappa shape index (κ3) is 2.86. The Kier molecular flexibility index (Phi) is 4.17. The molecule has 23 heavy (non-hydrogen) atoms. The molecule has 0 saturated carbocycles. The van der Waals surface area contributed by atoms with E-state index in [0.717, 1.165) is 0 Å². The summed E-state index contributed by atoms with van der Waals surface area (Å²) in [4.78, 5) is 4.43. The van der Waals surface area contributed by atoms with Crippen LogP contribution in [0.1, 0.15) is 17.4 Å². The molecular formula is C15H17N5O2S. The van der Waals surface area contributed by atoms with Gasteiger partial charge in [0.05, 0.1) is 22.6 Å². The van der Waals surface area contributed by atoms with E-state index in [0.29, 0.717) is 31.0 Å². The average molecular weight is 331 g/mol. The van der Waals surface area contributed by atoms with Gasteiger partial charge in [-0.05, 0) is 18.2 Å². The summed E-state index contributed by atoms with van der Waals surface area (Å²) in [6.45, 7) is 1.44. The van der Waals surface area contributed by atoms with Crippen LogP contribution in [0.15, 0.2) is 41.6 Å². The van der Waals surface area contributed by atoms with Gasteiger partial charge in [0.25, 0.3) is 0 Å². The predicted molar refractivity (Wildman–Crippen MR) is 83.9 cm³/mol. The van der Waals surface area contributed by atoms with E-state index in [9.17, 15) is 8.42 Å². The Morgan fingerprint density at radius 2 is 2.26 bits per heavy atom. The third-order valence-electron chi connectivity index (χ3n) is 3.92. The van der Waals surface area contributed by atoms with Crippen LogP contribution in [-0.4, -0.2) is 41.9 Å². The van der Waals surface area contributed by atoms with Crippen molar-refractivity contribution in [2.24, 2.45) is 7.05 Å². The van der Waals surface area contributed by atoms with E-state index in [1.165, 1.54) is 16.4 Å². The number of rotatable bonds is 3. The Labute approximate surface area is 135 Å². The number of imidazole rings is 1. The van der Waals surface area contributed by atoms with Crippen LogP contribution < -0.4 is 5.32 Å². The maximum atomic E-state index is 13.0. The Hall–Kier alpha value is -2.21. The Morgan fingerprint density at radius 1 is 1.43 bits per heavy atom. The van der Waals surface area contributed by atoms with Gasteiger partial charge in [0, 0.05) is 39.1 Å². The summed E-state index contributed by atoms with van der Waals surface area (Å²) in [6.07, 6.45) is 3.45. The van der Waals surface area contributed by atoms with E-state index in [1.54, 1.807) is 24.5 Å². The van der Waals surface area contributed by atoms with Crippen LogP contribution in [0.5, 0.6) is 0 Å². The second-order valence-electron chi connectivity index (χ2n) is 5.37. The molecule has 7 nitrogen and oxygen atoms in total. The lowest BCUT2D eigenvalue weighted by Gasteiger charge is -2.34. The van der Waals surface area contributed by atoms with Crippen molar-refractivity contribution in [3.8, 4) is 6.07 Å². The molecule has 120 valence electrons. The lowest BCUT2D eigenvalue weighted by Crippen LogP contribution is -2.49. The number of aromatic nitrogens is 2. The molecular weight excluding hydrogens is 314 g/mol. The highest BCUT2D eigenvalue weighted by atomic mass is 32.2. The van der Waals surface area contributed by atoms with Gasteiger partial charge in [-0.2, -0.15) is 9.57 Å². The molecule has 1 unspecified atom stereocenters. The lowest BCUT2D eigenvalue weighted by atomic mass is 10.2. The zero-order valence-corrected chi connectivity index (χ0v) is 13.5. The van der Waals surface area contributed by atoms with Gasteiger partial charge in [-0.15, -0.1) is 0 Å². The molecule has 0 spiro atoms. The molecule has 8 heteroatoms. The highest BCUT2D eigenvalue weighted by molar-refractivity contribution is 7.89. The number of aryl methyl sites for hydroxylation is 1. The van der Waals surface area contributed by atoms with Crippen LogP contribution in [0, 0.1) is 11.3 Å². The highest BCUT2D eigenvalue weighted by Crippen LogP contribution is 2.28. The summed E-state index contributed by atoms with van der Waals surface area (Å²) < 4.78 is 29.3. The zero-order chi connectivity index (χ0) is 16.4. The number of benzene rings is 1. The number of nitrogens with zero attached hydrogens (tertiary/aromatic N) is 4. The molecule has 0 aliphatic carbocycles. The molecule has 3 rings (SSSR count). The SMILES string of the molecule is Cn1ccnc1C1CNCCN1S(=O)(=O)c1cccc(C#N)c1. The van der Waals surface area contributed by atoms with Crippen molar-refractivity contribution in [2.75, 3.05) is 19.6 Å². The van der Waals surface area contributed by atoms with Gasteiger partial charge in [0.15, 0.2) is 0 Å². The summed E-state index contributed by atoms with van der Waals surface area (Å²) in [5.41, 5.74) is 0.328. The number of hydrogen-bond acceptors (Lipinski definition) is 5. The van der Waals surface area contributed by atoms with E-state index in [2.05, 4.69) is 10.3 Å². The maximum Gasteiger partial charge on any atom is 0.243 e. The van der Waals surface area contributed by atoms with Crippen molar-refractivity contribution in [1.29, 1.82) is 5.26 Å². The number of piperazine rings is 1. The van der Waals surface area contributed by atoms with E-state index in [-0.39, 0.29) is 10.9 Å². The second kappa shape index (κ2) is 6.12. The molecule has 0 amide bonds. The Morgan fingerprint density at radius 3 is 2.96 bits per heavy atom. The fraction of sp³-hybridized carbons (Fsp3) is 0.333. The van der Waals surface area contributed by atoms with Gasteiger partial charge in [-0.3, -0.25) is 0 Å². The molecule has 1 fully saturated rings. The summed E-state index contributed by atoms with van der Waals surface area (Å²) in [6, 6.07) is 7.71. The minimum atomic E-state index is -3.70. The van der Waals surface area contributed by atoms with Gasteiger partial charge < -0.3 is 9.88 Å². The van der Waals surface area contributed by atoms with E-state index in [4.69, 9.17) is 5.26 Å². The monoisotopic (exact) mass is 331 g/mol. The average Bonchev–Trinajstić information content (AvgIpc) is 3.01. The van der Waals surface area contributed by atoms with Gasteiger partial charge in [-0.25, -0.2) is 13.4 Å². The standard InChI is InChI=1S/C15H17N5O2S/c1-19-7-6-18-15(19)14-11-17-5-8-20(14)23(21,22)13-4-2-3-12(9-13)10-16/h2-4,6-7,9,14,17H,5,8,11H2,1H3. The normalized spacial score (nSPS) is 19.4. The van der Waals surface area contributed by atoms with Gasteiger partial charge in [0.2, 0.25) is 10.0 Å². The first-order chi connectivity index (χ1) is 11.0. The maximum absolute atomic E-state index is 13.0. The Bertz CT molecular complexity index is 853. The number of nitrogens with one attached hydrogen (secondary N) is 1. The molecule has 2 aromatic rings. The first-order valence-corrected chi connectivity index (χ1v) is 8.68. The fourth-order valence-electron chi connectivity index (χ4n) is 2.75. The summed E-state index contributed by atoms with van der Waals surface area (Å²) in [7, 11) is -1.85. The molecule has 1 saturated heterocycles. The molecule has 0 radical (unpaired) electrons. The molecule has 0 bridgehead atoms. The van der Waals surface area contributed by atoms with Crippen LogP contribution in [0.25, 0.3) is 0 Å². The first kappa shape index (κ1) is 15.7. The first-order valence-electron chi connectivity index (χ1n) is 7.24. The van der Waals surface area contributed by atoms with Gasteiger partial charge in [0.1, 0.15) is 5.82 Å². The quantitative estimate of drug-likeness (QED) is 0.890. The predicted octanol–water partition coefficient (Wildman–Crippen LogP) is 0.627. The smallest absolute Gasteiger partial charge is 0.243 e. The minimum absolute atomic E-state index is 0.137. The number of hydrogen-bond donors (Lipinski definition) is 1. The van der Waals surface area contributed by atoms with Crippen LogP contribution >= 0.6 is 0 Å². The molecule has 1 aromatic carbocycles. The number of sulfonamides is 1. The van der Waals surface area contributed by atoms with E-state index in [1.807, 2.05) is 17.7 Å². The van der Waals surface area contributed by atoms with Crippen molar-refractivity contribution in [3.05, 3.63) is 48.0 Å². The molecule has 2 heterocycles. The van der Waals surface area contributed by atoms with Crippen LogP contribution in [0.3, 0.4) is 0 Å². The molecule has 1 aliphatic heterocycles. The van der Waals surface area contributed by atoms with Crippen LogP contribution in [0.2, 0.25) is 0 Å². The van der Waals surface area contributed by atoms with Crippen molar-refractivity contribution in [3.63, 3.8) is 0 Å². The fourth-order valence-corrected chi connectivity index (χ4v) is 4.39. The molecule has 1 aliphatic rings. The van der Waals surface area contributed by atoms with Crippen molar-refractivity contribution >= 4 is 10.0 Å². The second-order valence-corrected chi connectivity index (χ2v) is 7.26. The topological polar surface area (TPSA) is 91.0 Å². The Balaban J connectivity index is 2.03. The summed E-state index contributed by atoms with van der Waals surface area (Å²) in [5, 5.41) is 12.2. The van der Waals surface area contributed by atoms with Crippen LogP contribution in [-0.2, 0) is 17.1 Å². The van der Waals surface area contributed by atoms with Crippen molar-refractivity contribution in [2.45, 2.75) is 10.9 Å². The molecule has 1 aromatic heterocycles. The van der Waals surface area contributed by atoms with Crippen molar-refractivity contribution < 1.29 is 8.42 Å². The van der Waals surface area contributed by atoms with Gasteiger partial charge in [-0.1, -0.05) is 6.07 Å². The molecule has 1 atom stereocenters. The largest absolute Gasteiger partial charge is 0.337 e. The minimum Gasteiger partial charge on any atom is -0.337 e. The summed E-state index contributed by atoms with van der Waals surface area (Å²) >= 11 is 0. The highest BCUT2D eigenvalue weighted by Gasteiger charge is 2.36. The van der Waals surface area contributed by atoms with Crippen molar-refractivity contribution in [1.82, 2.24) is 19.2 Å². The lowest BCUT2D eigenvalue weighted by molar-refractivity contribution is 0.258.